The number of carbonyl (C=O) groups excluding carboxylic acids is 1. The highest BCUT2D eigenvalue weighted by molar-refractivity contribution is 5.91. The van der Waals surface area contributed by atoms with E-state index in [1.165, 1.54) is 12.1 Å². The van der Waals surface area contributed by atoms with Gasteiger partial charge in [0.2, 0.25) is 0 Å². The first-order chi connectivity index (χ1) is 15.2. The van der Waals surface area contributed by atoms with Gasteiger partial charge < -0.3 is 20.0 Å². The Morgan fingerprint density at radius 3 is 2.72 bits per heavy atom. The highest BCUT2D eigenvalue weighted by atomic mass is 19.4. The van der Waals surface area contributed by atoms with Crippen molar-refractivity contribution in [1.82, 2.24) is 15.3 Å². The number of anilines is 2. The van der Waals surface area contributed by atoms with Gasteiger partial charge in [-0.2, -0.15) is 13.2 Å². The molecule has 0 saturated carbocycles. The van der Waals surface area contributed by atoms with E-state index in [0.29, 0.717) is 24.6 Å². The maximum Gasteiger partial charge on any atom is 0.433 e. The number of urea groups is 1. The normalized spacial score (nSPS) is 15.2. The van der Waals surface area contributed by atoms with Gasteiger partial charge in [-0.05, 0) is 30.9 Å². The molecule has 1 saturated heterocycles. The fraction of sp³-hybridized carbons (Fsp3) is 0.381. The van der Waals surface area contributed by atoms with E-state index < -0.39 is 23.7 Å². The number of hydrogen-bond donors (Lipinski definition) is 2. The van der Waals surface area contributed by atoms with Crippen molar-refractivity contribution in [3.05, 3.63) is 47.7 Å². The summed E-state index contributed by atoms with van der Waals surface area (Å²) in [6.07, 6.45) is -1.77. The zero-order valence-corrected chi connectivity index (χ0v) is 17.2. The standard InChI is InChI=1S/C21H21F4N5O2/c1-12-4-6-30(7-5-12)19-13(2-3-17(29-19)21(23,24)25)10-26-20(31)28-14-8-15(22)18-16(9-14)27-11-32-18/h2-3,8-9,11-12H,4-7,10H2,1H3,(H2,26,28,31). The third-order valence-electron chi connectivity index (χ3n) is 5.41. The molecule has 0 atom stereocenters. The lowest BCUT2D eigenvalue weighted by Crippen LogP contribution is -2.35. The number of aromatic nitrogens is 2. The van der Waals surface area contributed by atoms with Crippen LogP contribution in [0.5, 0.6) is 0 Å². The number of pyridine rings is 1. The molecule has 2 N–H and O–H groups in total. The maximum atomic E-state index is 14.0. The second-order valence-corrected chi connectivity index (χ2v) is 7.81. The Labute approximate surface area is 180 Å². The lowest BCUT2D eigenvalue weighted by atomic mass is 9.99. The van der Waals surface area contributed by atoms with Crippen LogP contribution in [0.1, 0.15) is 31.0 Å². The van der Waals surface area contributed by atoms with Gasteiger partial charge in [0.05, 0.1) is 0 Å². The van der Waals surface area contributed by atoms with Crippen LogP contribution >= 0.6 is 0 Å². The SMILES string of the molecule is CC1CCN(c2nc(C(F)(F)F)ccc2CNC(=O)Nc2cc(F)c3ocnc3c2)CC1. The maximum absolute atomic E-state index is 14.0. The van der Waals surface area contributed by atoms with Gasteiger partial charge in [0, 0.05) is 37.0 Å². The van der Waals surface area contributed by atoms with Gasteiger partial charge in [-0.3, -0.25) is 0 Å². The van der Waals surface area contributed by atoms with Crippen molar-refractivity contribution in [1.29, 1.82) is 0 Å². The van der Waals surface area contributed by atoms with Crippen molar-refractivity contribution < 1.29 is 26.8 Å². The lowest BCUT2D eigenvalue weighted by molar-refractivity contribution is -0.141. The van der Waals surface area contributed by atoms with Crippen LogP contribution in [-0.2, 0) is 12.7 Å². The molecule has 7 nitrogen and oxygen atoms in total. The second-order valence-electron chi connectivity index (χ2n) is 7.81. The number of amides is 2. The highest BCUT2D eigenvalue weighted by Crippen LogP contribution is 2.32. The number of fused-ring (bicyclic) bond motifs is 1. The van der Waals surface area contributed by atoms with Crippen molar-refractivity contribution in [3.63, 3.8) is 0 Å². The van der Waals surface area contributed by atoms with E-state index >= 15 is 0 Å². The molecule has 1 aliphatic heterocycles. The van der Waals surface area contributed by atoms with E-state index in [0.717, 1.165) is 31.4 Å². The Morgan fingerprint density at radius 1 is 1.25 bits per heavy atom. The molecule has 1 fully saturated rings. The largest absolute Gasteiger partial charge is 0.440 e. The Bertz CT molecular complexity index is 1120. The first-order valence-corrected chi connectivity index (χ1v) is 10.1. The molecule has 2 amide bonds. The van der Waals surface area contributed by atoms with Crippen molar-refractivity contribution in [3.8, 4) is 0 Å². The van der Waals surface area contributed by atoms with Crippen molar-refractivity contribution >= 4 is 28.6 Å². The summed E-state index contributed by atoms with van der Waals surface area (Å²) < 4.78 is 58.5. The van der Waals surface area contributed by atoms with E-state index in [9.17, 15) is 22.4 Å². The summed E-state index contributed by atoms with van der Waals surface area (Å²) in [4.78, 5) is 21.9. The van der Waals surface area contributed by atoms with Crippen LogP contribution in [0.4, 0.5) is 33.9 Å². The second kappa shape index (κ2) is 8.64. The van der Waals surface area contributed by atoms with Crippen molar-refractivity contribution in [2.45, 2.75) is 32.5 Å². The molecule has 2 aromatic heterocycles. The quantitative estimate of drug-likeness (QED) is 0.549. The van der Waals surface area contributed by atoms with Crippen LogP contribution in [0.3, 0.4) is 0 Å². The van der Waals surface area contributed by atoms with Crippen LogP contribution in [-0.4, -0.2) is 29.1 Å². The highest BCUT2D eigenvalue weighted by Gasteiger charge is 2.34. The Morgan fingerprint density at radius 2 is 2.00 bits per heavy atom. The zero-order valence-electron chi connectivity index (χ0n) is 17.2. The Kier molecular flexibility index (Phi) is 5.90. The Balaban J connectivity index is 1.49. The summed E-state index contributed by atoms with van der Waals surface area (Å²) in [6.45, 7) is 3.23. The first kappa shape index (κ1) is 21.8. The summed E-state index contributed by atoms with van der Waals surface area (Å²) in [5, 5.41) is 5.08. The minimum atomic E-state index is -4.56. The molecule has 1 aromatic carbocycles. The molecule has 11 heteroatoms. The fourth-order valence-electron chi connectivity index (χ4n) is 3.62. The molecule has 0 aliphatic carbocycles. The monoisotopic (exact) mass is 451 g/mol. The number of benzene rings is 1. The van der Waals surface area contributed by atoms with Crippen molar-refractivity contribution in [2.24, 2.45) is 5.92 Å². The van der Waals surface area contributed by atoms with E-state index in [-0.39, 0.29) is 29.1 Å². The molecule has 3 aromatic rings. The van der Waals surface area contributed by atoms with Gasteiger partial charge in [-0.25, -0.2) is 19.2 Å². The molecule has 170 valence electrons. The van der Waals surface area contributed by atoms with E-state index in [4.69, 9.17) is 4.42 Å². The molecular weight excluding hydrogens is 430 g/mol. The van der Waals surface area contributed by atoms with E-state index in [1.807, 2.05) is 4.90 Å². The summed E-state index contributed by atoms with van der Waals surface area (Å²) in [5.74, 6) is 0.0257. The smallest absolute Gasteiger partial charge is 0.433 e. The average Bonchev–Trinajstić information content (AvgIpc) is 3.21. The summed E-state index contributed by atoms with van der Waals surface area (Å²) in [5.41, 5.74) is -0.130. The molecule has 0 radical (unpaired) electrons. The van der Waals surface area contributed by atoms with Crippen LogP contribution < -0.4 is 15.5 Å². The molecule has 0 spiro atoms. The average molecular weight is 451 g/mol. The number of halogens is 4. The molecule has 0 bridgehead atoms. The predicted octanol–water partition coefficient (Wildman–Crippen LogP) is 4.94. The number of rotatable bonds is 4. The molecule has 3 heterocycles. The minimum absolute atomic E-state index is 0.0210. The van der Waals surface area contributed by atoms with Gasteiger partial charge in [0.25, 0.3) is 0 Å². The van der Waals surface area contributed by atoms with Crippen LogP contribution in [0.2, 0.25) is 0 Å². The molecule has 4 rings (SSSR count). The van der Waals surface area contributed by atoms with Gasteiger partial charge >= 0.3 is 12.2 Å². The van der Waals surface area contributed by atoms with Crippen LogP contribution in [0, 0.1) is 11.7 Å². The number of hydrogen-bond acceptors (Lipinski definition) is 5. The predicted molar refractivity (Wildman–Crippen MR) is 110 cm³/mol. The zero-order chi connectivity index (χ0) is 22.9. The van der Waals surface area contributed by atoms with Crippen LogP contribution in [0.15, 0.2) is 35.1 Å². The molecule has 0 unspecified atom stereocenters. The third kappa shape index (κ3) is 4.76. The number of nitrogens with one attached hydrogen (secondary N) is 2. The molecule has 32 heavy (non-hydrogen) atoms. The van der Waals surface area contributed by atoms with E-state index in [1.54, 1.807) is 0 Å². The molecule has 1 aliphatic rings. The molecular formula is C21H21F4N5O2. The van der Waals surface area contributed by atoms with Gasteiger partial charge in [-0.15, -0.1) is 0 Å². The number of oxazole rings is 1. The first-order valence-electron chi connectivity index (χ1n) is 10.1. The Hall–Kier alpha value is -3.37. The topological polar surface area (TPSA) is 83.3 Å². The lowest BCUT2D eigenvalue weighted by Gasteiger charge is -2.33. The number of carbonyl (C=O) groups is 1. The number of alkyl halides is 3. The minimum Gasteiger partial charge on any atom is -0.440 e. The van der Waals surface area contributed by atoms with Crippen LogP contribution in [0.25, 0.3) is 11.1 Å². The van der Waals surface area contributed by atoms with Crippen molar-refractivity contribution in [2.75, 3.05) is 23.3 Å². The van der Waals surface area contributed by atoms with Gasteiger partial charge in [0.1, 0.15) is 17.0 Å². The van der Waals surface area contributed by atoms with E-state index in [2.05, 4.69) is 27.5 Å². The summed E-state index contributed by atoms with van der Waals surface area (Å²) in [7, 11) is 0. The fourth-order valence-corrected chi connectivity index (χ4v) is 3.62. The third-order valence-corrected chi connectivity index (χ3v) is 5.41. The number of piperidine rings is 1. The van der Waals surface area contributed by atoms with Gasteiger partial charge in [0.15, 0.2) is 17.8 Å². The number of nitrogens with zero attached hydrogens (tertiary/aromatic N) is 3. The summed E-state index contributed by atoms with van der Waals surface area (Å²) in [6, 6.07) is 4.11. The van der Waals surface area contributed by atoms with Gasteiger partial charge in [-0.1, -0.05) is 13.0 Å². The summed E-state index contributed by atoms with van der Waals surface area (Å²) >= 11 is 0.